The van der Waals surface area contributed by atoms with Crippen LogP contribution in [0.3, 0.4) is 0 Å². The second-order valence-electron chi connectivity index (χ2n) is 16.0. The number of carbonyl (C=O) groups excluding carboxylic acids is 3. The SMILES string of the molecule is CC[C@H](C)[C@H](NC(=O)[C@@H](NC[C@H](CSC(c1ccccc1)(c1ccccc1)c1ccccc1)NC(=O)OC(C)(C)C)C(C)C)C(=O)N[C@@H](CC(C)C)C(=O)O. The highest BCUT2D eigenvalue weighted by molar-refractivity contribution is 8.00. The predicted octanol–water partition coefficient (Wildman–Crippen LogP) is 7.37. The fourth-order valence-corrected chi connectivity index (χ4v) is 7.98. The summed E-state index contributed by atoms with van der Waals surface area (Å²) in [7, 11) is 0. The third-order valence-corrected chi connectivity index (χ3v) is 11.1. The maximum Gasteiger partial charge on any atom is 0.407 e. The summed E-state index contributed by atoms with van der Waals surface area (Å²) >= 11 is 1.69. The van der Waals surface area contributed by atoms with Crippen LogP contribution in [-0.2, 0) is 23.9 Å². The van der Waals surface area contributed by atoms with Crippen LogP contribution in [0.5, 0.6) is 0 Å². The number of benzene rings is 3. The number of aliphatic carboxylic acids is 1. The highest BCUT2D eigenvalue weighted by Crippen LogP contribution is 2.48. The van der Waals surface area contributed by atoms with E-state index in [4.69, 9.17) is 4.74 Å². The first-order valence-corrected chi connectivity index (χ1v) is 20.3. The summed E-state index contributed by atoms with van der Waals surface area (Å²) < 4.78 is 5.05. The van der Waals surface area contributed by atoms with Crippen LogP contribution in [-0.4, -0.2) is 71.0 Å². The molecule has 5 N–H and O–H groups in total. The van der Waals surface area contributed by atoms with Crippen LogP contribution in [0.15, 0.2) is 91.0 Å². The lowest BCUT2D eigenvalue weighted by Crippen LogP contribution is -2.59. The predicted molar refractivity (Wildman–Crippen MR) is 222 cm³/mol. The number of amides is 3. The molecule has 0 aliphatic carbocycles. The zero-order valence-electron chi connectivity index (χ0n) is 33.9. The van der Waals surface area contributed by atoms with Crippen LogP contribution in [0, 0.1) is 17.8 Å². The third-order valence-electron chi connectivity index (χ3n) is 9.41. The maximum absolute atomic E-state index is 14.0. The van der Waals surface area contributed by atoms with Gasteiger partial charge in [0, 0.05) is 12.3 Å². The minimum absolute atomic E-state index is 0.0474. The molecule has 3 amide bonds. The number of thioether (sulfide) groups is 1. The van der Waals surface area contributed by atoms with Crippen molar-refractivity contribution >= 4 is 35.6 Å². The van der Waals surface area contributed by atoms with Crippen molar-refractivity contribution in [2.24, 2.45) is 17.8 Å². The van der Waals surface area contributed by atoms with E-state index in [2.05, 4.69) is 57.7 Å². The highest BCUT2D eigenvalue weighted by atomic mass is 32.2. The zero-order valence-corrected chi connectivity index (χ0v) is 34.7. The van der Waals surface area contributed by atoms with E-state index in [9.17, 15) is 24.3 Å². The van der Waals surface area contributed by atoms with Gasteiger partial charge in [-0.3, -0.25) is 9.59 Å². The number of nitrogens with one attached hydrogen (secondary N) is 4. The molecule has 55 heavy (non-hydrogen) atoms. The maximum atomic E-state index is 14.0. The minimum atomic E-state index is -1.12. The third kappa shape index (κ3) is 13.4. The van der Waals surface area contributed by atoms with Crippen molar-refractivity contribution in [3.63, 3.8) is 0 Å². The molecule has 5 atom stereocenters. The smallest absolute Gasteiger partial charge is 0.407 e. The number of carbonyl (C=O) groups is 4. The van der Waals surface area contributed by atoms with Crippen molar-refractivity contribution < 1.29 is 29.0 Å². The number of carboxylic acids is 1. The lowest BCUT2D eigenvalue weighted by molar-refractivity contribution is -0.143. The first kappa shape index (κ1) is 45.0. The van der Waals surface area contributed by atoms with Crippen molar-refractivity contribution in [2.45, 2.75) is 110 Å². The lowest BCUT2D eigenvalue weighted by atomic mass is 9.84. The monoisotopic (exact) mass is 774 g/mol. The van der Waals surface area contributed by atoms with Gasteiger partial charge in [-0.25, -0.2) is 9.59 Å². The van der Waals surface area contributed by atoms with Crippen LogP contribution >= 0.6 is 11.8 Å². The molecule has 3 rings (SSSR count). The van der Waals surface area contributed by atoms with Gasteiger partial charge in [-0.15, -0.1) is 11.8 Å². The highest BCUT2D eigenvalue weighted by Gasteiger charge is 2.38. The van der Waals surface area contributed by atoms with Crippen molar-refractivity contribution in [3.05, 3.63) is 108 Å². The van der Waals surface area contributed by atoms with Gasteiger partial charge in [0.05, 0.1) is 16.8 Å². The molecule has 300 valence electrons. The van der Waals surface area contributed by atoms with Gasteiger partial charge in [-0.05, 0) is 61.6 Å². The molecule has 11 heteroatoms. The number of rotatable bonds is 20. The number of hydrogen-bond donors (Lipinski definition) is 5. The summed E-state index contributed by atoms with van der Waals surface area (Å²) in [6.45, 7) is 17.0. The first-order chi connectivity index (χ1) is 26.0. The topological polar surface area (TPSA) is 146 Å². The van der Waals surface area contributed by atoms with Gasteiger partial charge in [-0.1, -0.05) is 139 Å². The van der Waals surface area contributed by atoms with Gasteiger partial charge in [0.2, 0.25) is 11.8 Å². The molecule has 0 spiro atoms. The van der Waals surface area contributed by atoms with Crippen molar-refractivity contribution in [3.8, 4) is 0 Å². The average Bonchev–Trinajstić information content (AvgIpc) is 3.13. The summed E-state index contributed by atoms with van der Waals surface area (Å²) in [5.74, 6) is -2.01. The van der Waals surface area contributed by atoms with Gasteiger partial charge in [0.15, 0.2) is 0 Å². The van der Waals surface area contributed by atoms with Crippen LogP contribution < -0.4 is 21.3 Å². The van der Waals surface area contributed by atoms with Crippen molar-refractivity contribution in [1.29, 1.82) is 0 Å². The summed E-state index contributed by atoms with van der Waals surface area (Å²) in [5.41, 5.74) is 2.51. The average molecular weight is 775 g/mol. The number of alkyl carbamates (subject to hydrolysis) is 1. The molecule has 0 saturated heterocycles. The second-order valence-corrected chi connectivity index (χ2v) is 17.2. The van der Waals surface area contributed by atoms with E-state index in [0.29, 0.717) is 12.2 Å². The molecule has 0 aromatic heterocycles. The van der Waals surface area contributed by atoms with Gasteiger partial charge >= 0.3 is 12.1 Å². The Labute approximate surface area is 332 Å². The Morgan fingerprint density at radius 3 is 1.58 bits per heavy atom. The molecule has 0 heterocycles. The number of ether oxygens (including phenoxy) is 1. The second kappa shape index (κ2) is 21.1. The fraction of sp³-hybridized carbons (Fsp3) is 0.500. The Kier molecular flexibility index (Phi) is 17.3. The van der Waals surface area contributed by atoms with Crippen molar-refractivity contribution in [1.82, 2.24) is 21.3 Å². The molecule has 3 aromatic rings. The molecule has 0 aliphatic rings. The minimum Gasteiger partial charge on any atom is -0.480 e. The molecule has 0 aliphatic heterocycles. The Morgan fingerprint density at radius 1 is 0.709 bits per heavy atom. The van der Waals surface area contributed by atoms with Crippen LogP contribution in [0.1, 0.15) is 91.8 Å². The summed E-state index contributed by atoms with van der Waals surface area (Å²) in [5, 5.41) is 21.9. The molecule has 10 nitrogen and oxygen atoms in total. The van der Waals surface area contributed by atoms with E-state index >= 15 is 0 Å². The van der Waals surface area contributed by atoms with E-state index in [1.165, 1.54) is 0 Å². The Morgan fingerprint density at radius 2 is 1.18 bits per heavy atom. The van der Waals surface area contributed by atoms with Crippen LogP contribution in [0.25, 0.3) is 0 Å². The van der Waals surface area contributed by atoms with E-state index in [1.54, 1.807) is 11.8 Å². The van der Waals surface area contributed by atoms with Gasteiger partial charge in [0.1, 0.15) is 17.7 Å². The van der Waals surface area contributed by atoms with Gasteiger partial charge in [0.25, 0.3) is 0 Å². The summed E-state index contributed by atoms with van der Waals surface area (Å²) in [4.78, 5) is 52.8. The molecule has 0 fully saturated rings. The quantitative estimate of drug-likeness (QED) is 0.0749. The molecule has 0 radical (unpaired) electrons. The van der Waals surface area contributed by atoms with E-state index in [0.717, 1.165) is 16.7 Å². The van der Waals surface area contributed by atoms with Crippen LogP contribution in [0.2, 0.25) is 0 Å². The summed E-state index contributed by atoms with van der Waals surface area (Å²) in [6, 6.07) is 27.6. The van der Waals surface area contributed by atoms with Crippen molar-refractivity contribution in [2.75, 3.05) is 12.3 Å². The van der Waals surface area contributed by atoms with E-state index < -0.39 is 52.5 Å². The number of carboxylic acid groups (broad SMARTS) is 1. The number of hydrogen-bond acceptors (Lipinski definition) is 7. The summed E-state index contributed by atoms with van der Waals surface area (Å²) in [6.07, 6.45) is 0.284. The molecule has 0 unspecified atom stereocenters. The molecule has 0 bridgehead atoms. The van der Waals surface area contributed by atoms with Crippen LogP contribution in [0.4, 0.5) is 4.79 Å². The molecule has 0 saturated carbocycles. The molecular formula is C44H62N4O6S. The van der Waals surface area contributed by atoms with E-state index in [1.807, 2.05) is 117 Å². The molecule has 3 aromatic carbocycles. The fourth-order valence-electron chi connectivity index (χ4n) is 6.42. The van der Waals surface area contributed by atoms with E-state index in [-0.39, 0.29) is 36.6 Å². The Hall–Kier alpha value is -4.35. The molecular weight excluding hydrogens is 713 g/mol. The zero-order chi connectivity index (χ0) is 40.8. The largest absolute Gasteiger partial charge is 0.480 e. The van der Waals surface area contributed by atoms with Gasteiger partial charge in [-0.2, -0.15) is 0 Å². The normalized spacial score (nSPS) is 14.7. The Bertz CT molecular complexity index is 1550. The standard InChI is InChI=1S/C44H62N4O6S/c1-10-31(6)38(40(50)47-36(41(51)52)26-29(2)3)48-39(49)37(30(4)5)45-27-35(46-42(53)54-43(7,8)9)28-55-44(32-20-14-11-15-21-32,33-22-16-12-17-23-33)34-24-18-13-19-25-34/h11-25,29-31,35-38,45H,10,26-28H2,1-9H3,(H,46,53)(H,47,50)(H,48,49)(H,51,52)/t31-,35+,36-,37-,38-/m0/s1. The Balaban J connectivity index is 1.95. The lowest BCUT2D eigenvalue weighted by Gasteiger charge is -2.37. The first-order valence-electron chi connectivity index (χ1n) is 19.3. The van der Waals surface area contributed by atoms with Gasteiger partial charge < -0.3 is 31.1 Å².